The summed E-state index contributed by atoms with van der Waals surface area (Å²) in [6, 6.07) is 9.55. The van der Waals surface area contributed by atoms with Crippen LogP contribution >= 0.6 is 11.3 Å². The second-order valence-electron chi connectivity index (χ2n) is 5.28. The van der Waals surface area contributed by atoms with Gasteiger partial charge in [0.05, 0.1) is 5.69 Å². The first-order chi connectivity index (χ1) is 9.97. The summed E-state index contributed by atoms with van der Waals surface area (Å²) >= 11 is 1.37. The summed E-state index contributed by atoms with van der Waals surface area (Å²) in [5, 5.41) is 0.874. The summed E-state index contributed by atoms with van der Waals surface area (Å²) in [6.45, 7) is 5.96. The standard InChI is InChI=1S/C17H16N2OS/c1-9-4-6-12(7-5-9)15(20)16-14(18)13-8-10(2)11(3)19-17(13)21-16/h4-8H,18H2,1-3H3. The molecule has 0 aliphatic rings. The number of anilines is 1. The van der Waals surface area contributed by atoms with Crippen LogP contribution in [0.15, 0.2) is 30.3 Å². The first-order valence-corrected chi connectivity index (χ1v) is 7.56. The smallest absolute Gasteiger partial charge is 0.205 e. The Hall–Kier alpha value is -2.20. The predicted octanol–water partition coefficient (Wildman–Crippen LogP) is 4.03. The highest BCUT2D eigenvalue weighted by Crippen LogP contribution is 2.35. The van der Waals surface area contributed by atoms with Crippen molar-refractivity contribution in [1.82, 2.24) is 4.98 Å². The number of thiophene rings is 1. The van der Waals surface area contributed by atoms with Crippen molar-refractivity contribution in [2.45, 2.75) is 20.8 Å². The molecule has 0 aliphatic carbocycles. The summed E-state index contributed by atoms with van der Waals surface area (Å²) in [5.41, 5.74) is 10.6. The third-order valence-corrected chi connectivity index (χ3v) is 4.80. The van der Waals surface area contributed by atoms with Gasteiger partial charge in [-0.25, -0.2) is 4.98 Å². The molecule has 3 aromatic rings. The van der Waals surface area contributed by atoms with Crippen LogP contribution in [0.1, 0.15) is 32.1 Å². The maximum Gasteiger partial charge on any atom is 0.205 e. The molecule has 0 spiro atoms. The Morgan fingerprint density at radius 1 is 1.14 bits per heavy atom. The molecule has 0 saturated carbocycles. The van der Waals surface area contributed by atoms with E-state index in [0.717, 1.165) is 27.0 Å². The van der Waals surface area contributed by atoms with Gasteiger partial charge in [0.15, 0.2) is 0 Å². The molecule has 3 rings (SSSR count). The molecule has 106 valence electrons. The van der Waals surface area contributed by atoms with Crippen LogP contribution in [0.5, 0.6) is 0 Å². The summed E-state index contributed by atoms with van der Waals surface area (Å²) in [6.07, 6.45) is 0. The molecule has 0 saturated heterocycles. The van der Waals surface area contributed by atoms with Gasteiger partial charge in [-0.1, -0.05) is 29.8 Å². The number of hydrogen-bond acceptors (Lipinski definition) is 4. The Morgan fingerprint density at radius 2 is 1.81 bits per heavy atom. The molecule has 0 radical (unpaired) electrons. The number of benzene rings is 1. The van der Waals surface area contributed by atoms with Crippen LogP contribution in [-0.2, 0) is 0 Å². The second kappa shape index (κ2) is 4.97. The quantitative estimate of drug-likeness (QED) is 0.726. The summed E-state index contributed by atoms with van der Waals surface area (Å²) in [7, 11) is 0. The van der Waals surface area contributed by atoms with Gasteiger partial charge in [0.1, 0.15) is 9.71 Å². The zero-order valence-electron chi connectivity index (χ0n) is 12.2. The minimum atomic E-state index is -0.0363. The van der Waals surface area contributed by atoms with Crippen LogP contribution in [0.25, 0.3) is 10.2 Å². The van der Waals surface area contributed by atoms with E-state index in [0.29, 0.717) is 16.1 Å². The molecule has 3 nitrogen and oxygen atoms in total. The van der Waals surface area contributed by atoms with Crippen molar-refractivity contribution in [3.05, 3.63) is 57.6 Å². The number of nitrogens with two attached hydrogens (primary N) is 1. The van der Waals surface area contributed by atoms with E-state index in [-0.39, 0.29) is 5.78 Å². The molecule has 0 aliphatic heterocycles. The monoisotopic (exact) mass is 296 g/mol. The van der Waals surface area contributed by atoms with Gasteiger partial charge in [-0.05, 0) is 32.4 Å². The van der Waals surface area contributed by atoms with Crippen molar-refractivity contribution in [3.63, 3.8) is 0 Å². The number of rotatable bonds is 2. The highest BCUT2D eigenvalue weighted by atomic mass is 32.1. The summed E-state index contributed by atoms with van der Waals surface area (Å²) in [4.78, 5) is 18.6. The molecule has 0 bridgehead atoms. The molecule has 2 aromatic heterocycles. The molecule has 2 heterocycles. The van der Waals surface area contributed by atoms with Crippen molar-refractivity contribution >= 4 is 33.0 Å². The third kappa shape index (κ3) is 2.32. The van der Waals surface area contributed by atoms with E-state index in [9.17, 15) is 4.79 Å². The Balaban J connectivity index is 2.14. The van der Waals surface area contributed by atoms with E-state index in [1.54, 1.807) is 0 Å². The topological polar surface area (TPSA) is 56.0 Å². The number of carbonyl (C=O) groups excluding carboxylic acids is 1. The largest absolute Gasteiger partial charge is 0.397 e. The Morgan fingerprint density at radius 3 is 2.48 bits per heavy atom. The van der Waals surface area contributed by atoms with Crippen LogP contribution in [0, 0.1) is 20.8 Å². The normalized spacial score (nSPS) is 11.0. The molecule has 21 heavy (non-hydrogen) atoms. The van der Waals surface area contributed by atoms with Crippen LogP contribution in [0.4, 0.5) is 5.69 Å². The number of pyridine rings is 1. The number of ketones is 1. The van der Waals surface area contributed by atoms with Gasteiger partial charge in [0.2, 0.25) is 5.78 Å². The minimum absolute atomic E-state index is 0.0363. The molecule has 1 aromatic carbocycles. The highest BCUT2D eigenvalue weighted by Gasteiger charge is 2.19. The van der Waals surface area contributed by atoms with Gasteiger partial charge in [0.25, 0.3) is 0 Å². The number of carbonyl (C=O) groups is 1. The first-order valence-electron chi connectivity index (χ1n) is 6.75. The number of nitrogen functional groups attached to an aromatic ring is 1. The minimum Gasteiger partial charge on any atom is -0.397 e. The second-order valence-corrected chi connectivity index (χ2v) is 6.28. The molecule has 0 amide bonds. The number of aromatic nitrogens is 1. The number of hydrogen-bond donors (Lipinski definition) is 1. The van der Waals surface area contributed by atoms with Crippen molar-refractivity contribution in [1.29, 1.82) is 0 Å². The SMILES string of the molecule is Cc1ccc(C(=O)c2sc3nc(C)c(C)cc3c2N)cc1. The van der Waals surface area contributed by atoms with Crippen LogP contribution < -0.4 is 5.73 Å². The Bertz CT molecular complexity index is 847. The van der Waals surface area contributed by atoms with Gasteiger partial charge in [-0.3, -0.25) is 4.79 Å². The van der Waals surface area contributed by atoms with E-state index >= 15 is 0 Å². The highest BCUT2D eigenvalue weighted by molar-refractivity contribution is 7.21. The van der Waals surface area contributed by atoms with Gasteiger partial charge in [0, 0.05) is 16.6 Å². The van der Waals surface area contributed by atoms with Crippen molar-refractivity contribution < 1.29 is 4.79 Å². The molecule has 0 unspecified atom stereocenters. The fourth-order valence-electron chi connectivity index (χ4n) is 2.23. The van der Waals surface area contributed by atoms with E-state index in [1.807, 2.05) is 51.1 Å². The molecule has 0 atom stereocenters. The van der Waals surface area contributed by atoms with Gasteiger partial charge >= 0.3 is 0 Å². The van der Waals surface area contributed by atoms with E-state index in [2.05, 4.69) is 4.98 Å². The lowest BCUT2D eigenvalue weighted by Crippen LogP contribution is -2.01. The van der Waals surface area contributed by atoms with Gasteiger partial charge < -0.3 is 5.73 Å². The third-order valence-electron chi connectivity index (χ3n) is 3.68. The number of fused-ring (bicyclic) bond motifs is 1. The zero-order valence-corrected chi connectivity index (χ0v) is 13.0. The number of aryl methyl sites for hydroxylation is 3. The van der Waals surface area contributed by atoms with Gasteiger partial charge in [-0.15, -0.1) is 11.3 Å². The van der Waals surface area contributed by atoms with Crippen LogP contribution in [0.3, 0.4) is 0 Å². The lowest BCUT2D eigenvalue weighted by atomic mass is 10.1. The molecular weight excluding hydrogens is 280 g/mol. The first kappa shape index (κ1) is 13.8. The van der Waals surface area contributed by atoms with Crippen LogP contribution in [-0.4, -0.2) is 10.8 Å². The van der Waals surface area contributed by atoms with Crippen molar-refractivity contribution in [2.75, 3.05) is 5.73 Å². The summed E-state index contributed by atoms with van der Waals surface area (Å²) < 4.78 is 0. The molecule has 2 N–H and O–H groups in total. The average molecular weight is 296 g/mol. The van der Waals surface area contributed by atoms with E-state index in [1.165, 1.54) is 11.3 Å². The van der Waals surface area contributed by atoms with E-state index < -0.39 is 0 Å². The zero-order chi connectivity index (χ0) is 15.1. The Kier molecular flexibility index (Phi) is 3.26. The molecular formula is C17H16N2OS. The van der Waals surface area contributed by atoms with Crippen LogP contribution in [0.2, 0.25) is 0 Å². The fourth-order valence-corrected chi connectivity index (χ4v) is 3.32. The van der Waals surface area contributed by atoms with Crippen molar-refractivity contribution in [3.8, 4) is 0 Å². The lowest BCUT2D eigenvalue weighted by Gasteiger charge is -2.01. The Labute approximate surface area is 127 Å². The predicted molar refractivity (Wildman–Crippen MR) is 88.1 cm³/mol. The van der Waals surface area contributed by atoms with Gasteiger partial charge in [-0.2, -0.15) is 0 Å². The number of nitrogens with zero attached hydrogens (tertiary/aromatic N) is 1. The molecule has 0 fully saturated rings. The maximum absolute atomic E-state index is 12.6. The molecule has 4 heteroatoms. The fraction of sp³-hybridized carbons (Fsp3) is 0.176. The summed E-state index contributed by atoms with van der Waals surface area (Å²) in [5.74, 6) is -0.0363. The lowest BCUT2D eigenvalue weighted by molar-refractivity contribution is 0.104. The van der Waals surface area contributed by atoms with Crippen molar-refractivity contribution in [2.24, 2.45) is 0 Å². The maximum atomic E-state index is 12.6. The average Bonchev–Trinajstić information content (AvgIpc) is 2.77. The van der Waals surface area contributed by atoms with E-state index in [4.69, 9.17) is 5.73 Å².